The number of carbonyl (C=O) groups excluding carboxylic acids is 2. The molecule has 0 bridgehead atoms. The minimum Gasteiger partial charge on any atom is -0.460 e. The van der Waals surface area contributed by atoms with Crippen LogP contribution in [0.2, 0.25) is 0 Å². The van der Waals surface area contributed by atoms with Crippen molar-refractivity contribution in [1.29, 1.82) is 0 Å². The molecule has 5 aromatic rings. The van der Waals surface area contributed by atoms with Crippen LogP contribution in [0.15, 0.2) is 59.4 Å². The number of H-pyrrole nitrogens is 3. The Labute approximate surface area is 263 Å². The van der Waals surface area contributed by atoms with E-state index in [1.54, 1.807) is 38.2 Å². The lowest BCUT2D eigenvalue weighted by molar-refractivity contribution is 0.100. The third kappa shape index (κ3) is 5.24. The van der Waals surface area contributed by atoms with Gasteiger partial charge in [-0.1, -0.05) is 38.5 Å². The number of aromatic amines is 3. The first-order chi connectivity index (χ1) is 21.4. The van der Waals surface area contributed by atoms with Crippen LogP contribution in [-0.4, -0.2) is 26.5 Å². The number of aromatic nitrogens is 3. The molecular weight excluding hydrogens is 562 g/mol. The largest absolute Gasteiger partial charge is 0.460 e. The predicted octanol–water partition coefficient (Wildman–Crippen LogP) is 9.43. The van der Waals surface area contributed by atoms with Crippen molar-refractivity contribution < 1.29 is 18.4 Å². The molecule has 230 valence electrons. The smallest absolute Gasteiger partial charge is 0.161 e. The number of carbonyl (C=O) groups is 2. The highest BCUT2D eigenvalue weighted by Crippen LogP contribution is 2.41. The van der Waals surface area contributed by atoms with Gasteiger partial charge < -0.3 is 23.8 Å². The average molecular weight is 602 g/mol. The Hall–Kier alpha value is -5.30. The normalized spacial score (nSPS) is 12.6. The lowest BCUT2D eigenvalue weighted by Gasteiger charge is -2.17. The summed E-state index contributed by atoms with van der Waals surface area (Å²) < 4.78 is 12.7. The van der Waals surface area contributed by atoms with Gasteiger partial charge in [-0.25, -0.2) is 0 Å². The van der Waals surface area contributed by atoms with Gasteiger partial charge in [0.25, 0.3) is 0 Å². The van der Waals surface area contributed by atoms with E-state index in [9.17, 15) is 9.59 Å². The van der Waals surface area contributed by atoms with E-state index in [1.807, 2.05) is 52.0 Å². The molecule has 0 aliphatic heterocycles. The Bertz CT molecular complexity index is 1800. The van der Waals surface area contributed by atoms with Gasteiger partial charge in [-0.2, -0.15) is 0 Å². The van der Waals surface area contributed by atoms with Gasteiger partial charge in [-0.3, -0.25) is 9.59 Å². The summed E-state index contributed by atoms with van der Waals surface area (Å²) in [4.78, 5) is 35.9. The first-order valence-electron chi connectivity index (χ1n) is 14.8. The van der Waals surface area contributed by atoms with E-state index in [-0.39, 0.29) is 11.6 Å². The van der Waals surface area contributed by atoms with Gasteiger partial charge in [-0.05, 0) is 89.1 Å². The summed E-state index contributed by atoms with van der Waals surface area (Å²) in [5, 5.41) is 0. The molecule has 5 heterocycles. The van der Waals surface area contributed by atoms with Gasteiger partial charge in [0, 0.05) is 56.4 Å². The maximum absolute atomic E-state index is 12.6. The van der Waals surface area contributed by atoms with Crippen LogP contribution in [0.25, 0.3) is 24.3 Å². The van der Waals surface area contributed by atoms with Crippen LogP contribution in [-0.2, 0) is 0 Å². The monoisotopic (exact) mass is 601 g/mol. The number of furan rings is 2. The molecule has 7 nitrogen and oxygen atoms in total. The van der Waals surface area contributed by atoms with Crippen LogP contribution in [0, 0.1) is 27.7 Å². The summed E-state index contributed by atoms with van der Waals surface area (Å²) in [7, 11) is 0. The van der Waals surface area contributed by atoms with E-state index in [4.69, 9.17) is 8.83 Å². The van der Waals surface area contributed by atoms with Crippen molar-refractivity contribution in [2.45, 2.75) is 53.4 Å². The molecule has 5 aromatic heterocycles. The molecule has 0 saturated carbocycles. The second-order valence-corrected chi connectivity index (χ2v) is 11.4. The zero-order valence-electron chi connectivity index (χ0n) is 26.7. The number of hydrogen-bond acceptors (Lipinski definition) is 4. The molecule has 0 aliphatic carbocycles. The van der Waals surface area contributed by atoms with Crippen molar-refractivity contribution in [3.8, 4) is 0 Å². The average Bonchev–Trinajstić information content (AvgIpc) is 3.81. The number of aryl methyl sites for hydroxylation is 2. The number of rotatable bonds is 12. The molecule has 2 atom stereocenters. The molecule has 0 radical (unpaired) electrons. The minimum absolute atomic E-state index is 0.00998. The van der Waals surface area contributed by atoms with Gasteiger partial charge in [-0.15, -0.1) is 0 Å². The Morgan fingerprint density at radius 2 is 1.02 bits per heavy atom. The zero-order chi connectivity index (χ0) is 32.7. The molecule has 7 heteroatoms. The van der Waals surface area contributed by atoms with Gasteiger partial charge in [0.2, 0.25) is 0 Å². The van der Waals surface area contributed by atoms with Crippen LogP contribution in [0.3, 0.4) is 0 Å². The second-order valence-electron chi connectivity index (χ2n) is 11.4. The van der Waals surface area contributed by atoms with E-state index in [2.05, 4.69) is 41.3 Å². The highest BCUT2D eigenvalue weighted by Gasteiger charge is 2.32. The van der Waals surface area contributed by atoms with E-state index in [0.717, 1.165) is 56.4 Å². The topological polar surface area (TPSA) is 108 Å². The first kappa shape index (κ1) is 31.1. The molecule has 0 spiro atoms. The number of ketones is 2. The third-order valence-corrected chi connectivity index (χ3v) is 8.59. The Morgan fingerprint density at radius 1 is 0.644 bits per heavy atom. The highest BCUT2D eigenvalue weighted by atomic mass is 16.3. The molecular formula is C38H39N3O4. The molecule has 5 rings (SSSR count). The van der Waals surface area contributed by atoms with E-state index in [1.165, 1.54) is 0 Å². The van der Waals surface area contributed by atoms with Crippen LogP contribution in [0.1, 0.15) is 126 Å². The quantitative estimate of drug-likeness (QED) is 0.124. The Morgan fingerprint density at radius 3 is 1.29 bits per heavy atom. The fourth-order valence-corrected chi connectivity index (χ4v) is 6.65. The summed E-state index contributed by atoms with van der Waals surface area (Å²) in [5.74, 6) is 1.70. The van der Waals surface area contributed by atoms with Crippen molar-refractivity contribution in [1.82, 2.24) is 15.0 Å². The fraction of sp³-hybridized carbons (Fsp3) is 0.211. The van der Waals surface area contributed by atoms with Gasteiger partial charge >= 0.3 is 0 Å². The van der Waals surface area contributed by atoms with Gasteiger partial charge in [0.05, 0.1) is 11.8 Å². The number of Topliss-reactive ketones (excluding diaryl/α,β-unsaturated/α-hetero) is 2. The maximum Gasteiger partial charge on any atom is 0.161 e. The zero-order valence-corrected chi connectivity index (χ0v) is 26.7. The molecule has 0 fully saturated rings. The SMILES string of the molecule is C=Cc1cc(C(c2ccc(C(c3cc(C=C)c(C=C)o3)c3[nH]c(C)c(C(C)=O)c3C)[nH]2)c2[nH]c(C)c(C(C)=O)c2C)oc1C=C. The summed E-state index contributed by atoms with van der Waals surface area (Å²) in [6.45, 7) is 26.6. The first-order valence-corrected chi connectivity index (χ1v) is 14.8. The molecule has 0 amide bonds. The highest BCUT2D eigenvalue weighted by molar-refractivity contribution is 5.97. The number of hydrogen-bond donors (Lipinski definition) is 3. The van der Waals surface area contributed by atoms with Crippen LogP contribution < -0.4 is 0 Å². The van der Waals surface area contributed by atoms with Crippen LogP contribution >= 0.6 is 0 Å². The summed E-state index contributed by atoms with van der Waals surface area (Å²) in [5.41, 5.74) is 9.62. The molecule has 2 unspecified atom stereocenters. The van der Waals surface area contributed by atoms with E-state index < -0.39 is 11.8 Å². The van der Waals surface area contributed by atoms with E-state index >= 15 is 0 Å². The molecule has 0 aromatic carbocycles. The van der Waals surface area contributed by atoms with E-state index in [0.29, 0.717) is 34.2 Å². The summed E-state index contributed by atoms with van der Waals surface area (Å²) in [6.07, 6.45) is 6.80. The molecule has 3 N–H and O–H groups in total. The maximum atomic E-state index is 12.6. The summed E-state index contributed by atoms with van der Waals surface area (Å²) >= 11 is 0. The van der Waals surface area contributed by atoms with Crippen molar-refractivity contribution in [2.24, 2.45) is 0 Å². The molecule has 45 heavy (non-hydrogen) atoms. The predicted molar refractivity (Wildman–Crippen MR) is 181 cm³/mol. The Kier molecular flexibility index (Phi) is 8.30. The molecule has 0 saturated heterocycles. The fourth-order valence-electron chi connectivity index (χ4n) is 6.65. The number of nitrogens with one attached hydrogen (secondary N) is 3. The third-order valence-electron chi connectivity index (χ3n) is 8.59. The lowest BCUT2D eigenvalue weighted by atomic mass is 9.93. The standard InChI is InChI=1S/C38H39N3O4/c1-11-25-17-31(44-29(25)13-3)35(37-19(5)33(23(9)42)21(7)39-37)27-15-16-28(41-27)36(32-18-26(12-2)30(14-4)45-32)38-20(6)34(24(10)43)22(8)40-38/h11-18,35-36,39-41H,1-4H2,5-10H3. The van der Waals surface area contributed by atoms with Crippen molar-refractivity contribution in [3.05, 3.63) is 141 Å². The van der Waals surface area contributed by atoms with Gasteiger partial charge in [0.15, 0.2) is 11.6 Å². The van der Waals surface area contributed by atoms with Crippen molar-refractivity contribution >= 4 is 35.9 Å². The lowest BCUT2D eigenvalue weighted by Crippen LogP contribution is -2.09. The van der Waals surface area contributed by atoms with Crippen molar-refractivity contribution in [3.63, 3.8) is 0 Å². The Balaban J connectivity index is 1.76. The molecule has 0 aliphatic rings. The van der Waals surface area contributed by atoms with Gasteiger partial charge in [0.1, 0.15) is 23.0 Å². The van der Waals surface area contributed by atoms with Crippen LogP contribution in [0.5, 0.6) is 0 Å². The summed E-state index contributed by atoms with van der Waals surface area (Å²) in [6, 6.07) is 7.93. The van der Waals surface area contributed by atoms with Crippen LogP contribution in [0.4, 0.5) is 0 Å². The minimum atomic E-state index is -0.415. The second kappa shape index (κ2) is 12.0. The van der Waals surface area contributed by atoms with Crippen molar-refractivity contribution in [2.75, 3.05) is 0 Å².